The Morgan fingerprint density at radius 3 is 2.67 bits per heavy atom. The van der Waals surface area contributed by atoms with Crippen LogP contribution in [0.15, 0.2) is 15.9 Å². The summed E-state index contributed by atoms with van der Waals surface area (Å²) in [6.45, 7) is 0.871. The fourth-order valence-corrected chi connectivity index (χ4v) is 4.86. The third-order valence-corrected chi connectivity index (χ3v) is 5.69. The molecule has 0 radical (unpaired) electrons. The van der Waals surface area contributed by atoms with E-state index in [4.69, 9.17) is 5.73 Å². The molecule has 0 spiro atoms. The van der Waals surface area contributed by atoms with Gasteiger partial charge < -0.3 is 5.73 Å². The van der Waals surface area contributed by atoms with E-state index in [1.54, 1.807) is 0 Å². The van der Waals surface area contributed by atoms with Crippen LogP contribution in [0.3, 0.4) is 0 Å². The van der Waals surface area contributed by atoms with E-state index in [-0.39, 0.29) is 0 Å². The molecule has 3 rings (SSSR count). The van der Waals surface area contributed by atoms with Gasteiger partial charge in [0.1, 0.15) is 0 Å². The molecule has 0 saturated heterocycles. The monoisotopic (exact) mass is 285 g/mol. The molecule has 1 aromatic rings. The highest BCUT2D eigenvalue weighted by molar-refractivity contribution is 9.11. The van der Waals surface area contributed by atoms with Gasteiger partial charge in [0.25, 0.3) is 0 Å². The summed E-state index contributed by atoms with van der Waals surface area (Å²) in [5, 5.41) is 0. The third-order valence-electron chi connectivity index (χ3n) is 4.07. The maximum atomic E-state index is 6.00. The van der Waals surface area contributed by atoms with E-state index in [9.17, 15) is 0 Å². The summed E-state index contributed by atoms with van der Waals surface area (Å²) >= 11 is 5.39. The van der Waals surface area contributed by atoms with Crippen LogP contribution in [0.2, 0.25) is 0 Å². The molecule has 2 N–H and O–H groups in total. The van der Waals surface area contributed by atoms with Crippen LogP contribution in [0.25, 0.3) is 0 Å². The van der Waals surface area contributed by atoms with Gasteiger partial charge in [-0.2, -0.15) is 0 Å². The first kappa shape index (κ1) is 10.3. The lowest BCUT2D eigenvalue weighted by Crippen LogP contribution is -2.31. The summed E-state index contributed by atoms with van der Waals surface area (Å²) in [7, 11) is 0. The zero-order chi connectivity index (χ0) is 10.5. The summed E-state index contributed by atoms with van der Waals surface area (Å²) in [5.74, 6) is 2.05. The highest BCUT2D eigenvalue weighted by atomic mass is 79.9. The van der Waals surface area contributed by atoms with Crippen LogP contribution >= 0.6 is 27.3 Å². The van der Waals surface area contributed by atoms with Gasteiger partial charge in [-0.25, -0.2) is 0 Å². The Balaban J connectivity index is 1.75. The molecule has 0 aliphatic heterocycles. The Morgan fingerprint density at radius 2 is 2.13 bits per heavy atom. The van der Waals surface area contributed by atoms with Crippen LogP contribution in [0.1, 0.15) is 24.1 Å². The van der Waals surface area contributed by atoms with Crippen molar-refractivity contribution in [3.8, 4) is 0 Å². The normalized spacial score (nSPS) is 38.0. The topological polar surface area (TPSA) is 26.0 Å². The fourth-order valence-electron chi connectivity index (χ4n) is 3.21. The summed E-state index contributed by atoms with van der Waals surface area (Å²) in [6.07, 6.45) is 5.44. The van der Waals surface area contributed by atoms with Crippen molar-refractivity contribution in [2.75, 3.05) is 6.54 Å². The van der Waals surface area contributed by atoms with Gasteiger partial charge in [0, 0.05) is 4.88 Å². The highest BCUT2D eigenvalue weighted by Crippen LogP contribution is 2.60. The lowest BCUT2D eigenvalue weighted by atomic mass is 9.79. The molecule has 1 aromatic heterocycles. The molecule has 1 nitrogen and oxygen atoms in total. The van der Waals surface area contributed by atoms with Gasteiger partial charge in [0.2, 0.25) is 0 Å². The van der Waals surface area contributed by atoms with Crippen molar-refractivity contribution in [1.82, 2.24) is 0 Å². The number of hydrogen-bond donors (Lipinski definition) is 1. The second-order valence-electron chi connectivity index (χ2n) is 5.25. The van der Waals surface area contributed by atoms with Gasteiger partial charge in [-0.1, -0.05) is 0 Å². The van der Waals surface area contributed by atoms with Crippen molar-refractivity contribution in [3.63, 3.8) is 0 Å². The van der Waals surface area contributed by atoms with Crippen molar-refractivity contribution in [1.29, 1.82) is 0 Å². The van der Waals surface area contributed by atoms with Crippen molar-refractivity contribution >= 4 is 27.3 Å². The number of halogens is 1. The van der Waals surface area contributed by atoms with Crippen LogP contribution in [0.4, 0.5) is 0 Å². The van der Waals surface area contributed by atoms with Gasteiger partial charge in [-0.3, -0.25) is 0 Å². The second kappa shape index (κ2) is 3.57. The molecular formula is C12H16BrNS. The van der Waals surface area contributed by atoms with E-state index in [1.165, 1.54) is 34.3 Å². The standard InChI is InChI=1S/C12H16BrNS/c13-11-2-1-10(15-11)6-12(7-14)4-8-3-9(8)5-12/h1-2,8-9H,3-7,14H2. The van der Waals surface area contributed by atoms with Crippen molar-refractivity contribution < 1.29 is 0 Å². The molecular weight excluding hydrogens is 270 g/mol. The first-order valence-corrected chi connectivity index (χ1v) is 7.26. The average molecular weight is 286 g/mol. The SMILES string of the molecule is NCC1(Cc2ccc(Br)s2)CC2CC2C1. The number of hydrogen-bond acceptors (Lipinski definition) is 2. The summed E-state index contributed by atoms with van der Waals surface area (Å²) in [5.41, 5.74) is 6.44. The minimum atomic E-state index is 0.442. The summed E-state index contributed by atoms with van der Waals surface area (Å²) in [6, 6.07) is 4.40. The lowest BCUT2D eigenvalue weighted by molar-refractivity contribution is 0.275. The first-order chi connectivity index (χ1) is 7.21. The Kier molecular flexibility index (Phi) is 2.45. The van der Waals surface area contributed by atoms with E-state index in [2.05, 4.69) is 28.1 Å². The molecule has 0 bridgehead atoms. The van der Waals surface area contributed by atoms with Gasteiger partial charge in [-0.05, 0) is 77.5 Å². The maximum absolute atomic E-state index is 6.00. The third kappa shape index (κ3) is 1.90. The quantitative estimate of drug-likeness (QED) is 0.905. The molecule has 2 aliphatic rings. The summed E-state index contributed by atoms with van der Waals surface area (Å²) < 4.78 is 1.24. The second-order valence-corrected chi connectivity index (χ2v) is 7.80. The van der Waals surface area contributed by atoms with Crippen molar-refractivity contribution in [2.45, 2.75) is 25.7 Å². The largest absolute Gasteiger partial charge is 0.330 e. The Labute approximate surface area is 103 Å². The highest BCUT2D eigenvalue weighted by Gasteiger charge is 2.52. The molecule has 2 unspecified atom stereocenters. The average Bonchev–Trinajstić information content (AvgIpc) is 2.65. The Hall–Kier alpha value is 0.140. The van der Waals surface area contributed by atoms with Gasteiger partial charge >= 0.3 is 0 Å². The molecule has 0 aromatic carbocycles. The summed E-state index contributed by atoms with van der Waals surface area (Å²) in [4.78, 5) is 1.49. The van der Waals surface area contributed by atoms with Crippen LogP contribution in [0, 0.1) is 17.3 Å². The molecule has 15 heavy (non-hydrogen) atoms. The first-order valence-electron chi connectivity index (χ1n) is 5.65. The van der Waals surface area contributed by atoms with E-state index < -0.39 is 0 Å². The smallest absolute Gasteiger partial charge is 0.0701 e. The van der Waals surface area contributed by atoms with Crippen molar-refractivity contribution in [3.05, 3.63) is 20.8 Å². The number of nitrogens with two attached hydrogens (primary N) is 1. The van der Waals surface area contributed by atoms with Crippen LogP contribution < -0.4 is 5.73 Å². The molecule has 2 saturated carbocycles. The molecule has 82 valence electrons. The van der Waals surface area contributed by atoms with Crippen LogP contribution in [-0.2, 0) is 6.42 Å². The molecule has 3 heteroatoms. The fraction of sp³-hybridized carbons (Fsp3) is 0.667. The molecule has 2 aliphatic carbocycles. The predicted molar refractivity (Wildman–Crippen MR) is 68.0 cm³/mol. The van der Waals surface area contributed by atoms with Gasteiger partial charge in [0.05, 0.1) is 3.79 Å². The minimum absolute atomic E-state index is 0.442. The molecule has 2 atom stereocenters. The van der Waals surface area contributed by atoms with E-state index in [0.717, 1.165) is 18.4 Å². The van der Waals surface area contributed by atoms with Crippen LogP contribution in [-0.4, -0.2) is 6.54 Å². The Morgan fingerprint density at radius 1 is 1.40 bits per heavy atom. The minimum Gasteiger partial charge on any atom is -0.330 e. The lowest BCUT2D eigenvalue weighted by Gasteiger charge is -2.28. The maximum Gasteiger partial charge on any atom is 0.0701 e. The number of thiophene rings is 1. The zero-order valence-corrected chi connectivity index (χ0v) is 11.1. The molecule has 0 amide bonds. The Bertz CT molecular complexity index is 363. The van der Waals surface area contributed by atoms with E-state index in [1.807, 2.05) is 11.3 Å². The van der Waals surface area contributed by atoms with Crippen molar-refractivity contribution in [2.24, 2.45) is 23.0 Å². The number of rotatable bonds is 3. The van der Waals surface area contributed by atoms with E-state index in [0.29, 0.717) is 5.41 Å². The number of fused-ring (bicyclic) bond motifs is 1. The molecule has 1 heterocycles. The van der Waals surface area contributed by atoms with Gasteiger partial charge in [-0.15, -0.1) is 11.3 Å². The predicted octanol–water partition coefficient (Wildman–Crippen LogP) is 3.43. The van der Waals surface area contributed by atoms with Gasteiger partial charge in [0.15, 0.2) is 0 Å². The zero-order valence-electron chi connectivity index (χ0n) is 8.71. The molecule has 2 fully saturated rings. The van der Waals surface area contributed by atoms with E-state index >= 15 is 0 Å². The van der Waals surface area contributed by atoms with Crippen LogP contribution in [0.5, 0.6) is 0 Å².